The minimum absolute atomic E-state index is 0.0516. The number of nitrogens with zero attached hydrogens (tertiary/aromatic N) is 3. The molecule has 160 valence electrons. The molecule has 1 aromatic carbocycles. The predicted octanol–water partition coefficient (Wildman–Crippen LogP) is 3.51. The van der Waals surface area contributed by atoms with Gasteiger partial charge in [0.15, 0.2) is 0 Å². The van der Waals surface area contributed by atoms with E-state index in [4.69, 9.17) is 19.2 Å². The Morgan fingerprint density at radius 2 is 1.76 bits per heavy atom. The number of hydrogen-bond donors (Lipinski definition) is 0. The molecular weight excluding hydrogens is 370 g/mol. The maximum absolute atomic E-state index is 13.6. The van der Waals surface area contributed by atoms with Crippen LogP contribution in [-0.2, 0) is 11.3 Å². The maximum Gasteiger partial charge on any atom is 0.277 e. The van der Waals surface area contributed by atoms with Crippen LogP contribution in [0.25, 0.3) is 11.4 Å². The lowest BCUT2D eigenvalue weighted by Crippen LogP contribution is -2.36. The van der Waals surface area contributed by atoms with E-state index in [1.54, 1.807) is 32.0 Å². The minimum Gasteiger partial charge on any atom is -0.497 e. The Kier molecular flexibility index (Phi) is 8.51. The van der Waals surface area contributed by atoms with E-state index in [1.807, 2.05) is 19.1 Å². The molecule has 0 saturated heterocycles. The molecule has 0 aliphatic rings. The third kappa shape index (κ3) is 5.09. The maximum atomic E-state index is 13.6. The van der Waals surface area contributed by atoms with Crippen molar-refractivity contribution in [3.63, 3.8) is 0 Å². The number of aromatic nitrogens is 2. The second-order valence-electron chi connectivity index (χ2n) is 6.87. The van der Waals surface area contributed by atoms with E-state index >= 15 is 0 Å². The lowest BCUT2D eigenvalue weighted by atomic mass is 10.1. The number of aryl methyl sites for hydroxylation is 1. The lowest BCUT2D eigenvalue weighted by Gasteiger charge is -2.26. The molecule has 7 heteroatoms. The molecule has 1 heterocycles. The Morgan fingerprint density at radius 3 is 2.31 bits per heavy atom. The van der Waals surface area contributed by atoms with Crippen molar-refractivity contribution >= 4 is 5.69 Å². The van der Waals surface area contributed by atoms with Gasteiger partial charge >= 0.3 is 0 Å². The van der Waals surface area contributed by atoms with Crippen molar-refractivity contribution in [3.05, 3.63) is 34.2 Å². The first-order valence-electron chi connectivity index (χ1n) is 10.1. The molecule has 0 aliphatic heterocycles. The van der Waals surface area contributed by atoms with Crippen LogP contribution in [0.3, 0.4) is 0 Å². The summed E-state index contributed by atoms with van der Waals surface area (Å²) in [5, 5.41) is 0. The van der Waals surface area contributed by atoms with Gasteiger partial charge in [0.25, 0.3) is 5.56 Å². The third-order valence-corrected chi connectivity index (χ3v) is 4.79. The molecule has 7 nitrogen and oxygen atoms in total. The molecule has 0 N–H and O–H groups in total. The van der Waals surface area contributed by atoms with Crippen LogP contribution in [0.1, 0.15) is 32.4 Å². The van der Waals surface area contributed by atoms with Gasteiger partial charge in [0.1, 0.15) is 23.0 Å². The van der Waals surface area contributed by atoms with Crippen LogP contribution in [-0.4, -0.2) is 50.6 Å². The largest absolute Gasteiger partial charge is 0.497 e. The fraction of sp³-hybridized carbons (Fsp3) is 0.545. The summed E-state index contributed by atoms with van der Waals surface area (Å²) in [5.74, 6) is 1.86. The normalized spacial score (nSPS) is 10.8. The van der Waals surface area contributed by atoms with Gasteiger partial charge < -0.3 is 19.1 Å². The Bertz CT molecular complexity index is 858. The highest BCUT2D eigenvalue weighted by Gasteiger charge is 2.21. The van der Waals surface area contributed by atoms with E-state index in [1.165, 1.54) is 0 Å². The highest BCUT2D eigenvalue weighted by atomic mass is 16.5. The average Bonchev–Trinajstić information content (AvgIpc) is 2.72. The fourth-order valence-electron chi connectivity index (χ4n) is 3.47. The van der Waals surface area contributed by atoms with Crippen LogP contribution in [0.2, 0.25) is 0 Å². The Morgan fingerprint density at radius 1 is 1.07 bits per heavy atom. The molecule has 0 spiro atoms. The molecule has 0 bridgehead atoms. The van der Waals surface area contributed by atoms with Gasteiger partial charge in [-0.25, -0.2) is 4.98 Å². The van der Waals surface area contributed by atoms with Crippen LogP contribution in [0.15, 0.2) is 23.0 Å². The number of methoxy groups -OCH3 is 3. The van der Waals surface area contributed by atoms with Crippen LogP contribution in [0.4, 0.5) is 5.69 Å². The Labute approximate surface area is 173 Å². The van der Waals surface area contributed by atoms with E-state index in [2.05, 4.69) is 18.7 Å². The number of benzene rings is 1. The first kappa shape index (κ1) is 22.7. The van der Waals surface area contributed by atoms with Gasteiger partial charge in [-0.05, 0) is 31.9 Å². The molecule has 0 radical (unpaired) electrons. The summed E-state index contributed by atoms with van der Waals surface area (Å²) < 4.78 is 17.8. The first-order valence-corrected chi connectivity index (χ1v) is 10.1. The van der Waals surface area contributed by atoms with Gasteiger partial charge in [-0.3, -0.25) is 9.36 Å². The summed E-state index contributed by atoms with van der Waals surface area (Å²) >= 11 is 0. The van der Waals surface area contributed by atoms with Gasteiger partial charge in [0, 0.05) is 26.3 Å². The van der Waals surface area contributed by atoms with E-state index in [9.17, 15) is 4.79 Å². The van der Waals surface area contributed by atoms with Crippen LogP contribution in [0, 0.1) is 6.92 Å². The molecule has 2 aromatic rings. The second kappa shape index (κ2) is 10.9. The molecule has 2 rings (SSSR count). The lowest BCUT2D eigenvalue weighted by molar-refractivity contribution is 0.186. The van der Waals surface area contributed by atoms with Crippen molar-refractivity contribution in [2.24, 2.45) is 0 Å². The summed E-state index contributed by atoms with van der Waals surface area (Å²) in [4.78, 5) is 20.6. The highest BCUT2D eigenvalue weighted by molar-refractivity contribution is 5.68. The Balaban J connectivity index is 2.72. The zero-order valence-corrected chi connectivity index (χ0v) is 18.4. The number of anilines is 1. The minimum atomic E-state index is -0.0516. The van der Waals surface area contributed by atoms with Gasteiger partial charge in [-0.15, -0.1) is 0 Å². The molecule has 1 aromatic heterocycles. The molecule has 0 unspecified atom stereocenters. The van der Waals surface area contributed by atoms with Crippen molar-refractivity contribution < 1.29 is 14.2 Å². The molecule has 0 amide bonds. The predicted molar refractivity (Wildman–Crippen MR) is 116 cm³/mol. The summed E-state index contributed by atoms with van der Waals surface area (Å²) in [5.41, 5.74) is 2.08. The fourth-order valence-corrected chi connectivity index (χ4v) is 3.47. The number of hydrogen-bond acceptors (Lipinski definition) is 6. The van der Waals surface area contributed by atoms with Gasteiger partial charge in [0.05, 0.1) is 38.6 Å². The number of rotatable bonds is 11. The van der Waals surface area contributed by atoms with Crippen LogP contribution in [0.5, 0.6) is 11.5 Å². The topological polar surface area (TPSA) is 65.8 Å². The monoisotopic (exact) mass is 403 g/mol. The average molecular weight is 404 g/mol. The van der Waals surface area contributed by atoms with Gasteiger partial charge in [-0.2, -0.15) is 0 Å². The summed E-state index contributed by atoms with van der Waals surface area (Å²) in [6, 6.07) is 5.51. The van der Waals surface area contributed by atoms with E-state index in [-0.39, 0.29) is 5.56 Å². The SMILES string of the molecule is CCCN(CCC)c1c(C)nc(-c2ccc(OC)cc2OC)n(CCOC)c1=O. The van der Waals surface area contributed by atoms with Crippen molar-refractivity contribution in [2.45, 2.75) is 40.2 Å². The smallest absolute Gasteiger partial charge is 0.277 e. The van der Waals surface area contributed by atoms with Gasteiger partial charge in [0.2, 0.25) is 0 Å². The summed E-state index contributed by atoms with van der Waals surface area (Å²) in [6.45, 7) is 8.59. The summed E-state index contributed by atoms with van der Waals surface area (Å²) in [6.07, 6.45) is 1.93. The first-order chi connectivity index (χ1) is 14.0. The molecule has 0 atom stereocenters. The van der Waals surface area contributed by atoms with Gasteiger partial charge in [-0.1, -0.05) is 13.8 Å². The standard InChI is InChI=1S/C22H33N3O4/c1-7-11-24(12-8-2)20-16(3)23-21(25(22(20)26)13-14-27-4)18-10-9-17(28-5)15-19(18)29-6/h9-10,15H,7-8,11-14H2,1-6H3. The van der Waals surface area contributed by atoms with Crippen molar-refractivity contribution in [3.8, 4) is 22.9 Å². The van der Waals surface area contributed by atoms with Crippen molar-refractivity contribution in [1.82, 2.24) is 9.55 Å². The summed E-state index contributed by atoms with van der Waals surface area (Å²) in [7, 11) is 4.83. The Hall–Kier alpha value is -2.54. The number of ether oxygens (including phenoxy) is 3. The molecule has 0 aliphatic carbocycles. The molecule has 29 heavy (non-hydrogen) atoms. The second-order valence-corrected chi connectivity index (χ2v) is 6.87. The highest BCUT2D eigenvalue weighted by Crippen LogP contribution is 2.32. The van der Waals surface area contributed by atoms with E-state index in [0.29, 0.717) is 36.2 Å². The quantitative estimate of drug-likeness (QED) is 0.572. The van der Waals surface area contributed by atoms with E-state index < -0.39 is 0 Å². The molecular formula is C22H33N3O4. The molecule has 0 fully saturated rings. The van der Waals surface area contributed by atoms with Crippen molar-refractivity contribution in [2.75, 3.05) is 45.9 Å². The molecule has 0 saturated carbocycles. The van der Waals surface area contributed by atoms with Crippen molar-refractivity contribution in [1.29, 1.82) is 0 Å². The zero-order chi connectivity index (χ0) is 21.4. The van der Waals surface area contributed by atoms with E-state index in [0.717, 1.165) is 37.2 Å². The van der Waals surface area contributed by atoms with Crippen LogP contribution >= 0.6 is 0 Å². The third-order valence-electron chi connectivity index (χ3n) is 4.79. The van der Waals surface area contributed by atoms with Crippen LogP contribution < -0.4 is 19.9 Å². The zero-order valence-electron chi connectivity index (χ0n) is 18.4.